The van der Waals surface area contributed by atoms with Gasteiger partial charge in [0.1, 0.15) is 5.82 Å². The van der Waals surface area contributed by atoms with Gasteiger partial charge in [-0.3, -0.25) is 0 Å². The van der Waals surface area contributed by atoms with Crippen molar-refractivity contribution in [3.63, 3.8) is 0 Å². The maximum absolute atomic E-state index is 4.60. The van der Waals surface area contributed by atoms with Crippen LogP contribution in [0.1, 0.15) is 46.2 Å². The standard InChI is InChI=1S/C15H28N4/c1-7-8-16-15-17-12(4)10-14(18-15)19(6)13(5)9-11(2)3/h10-11,13H,7-9H2,1-6H3,(H,16,17,18). The Morgan fingerprint density at radius 3 is 2.53 bits per heavy atom. The van der Waals surface area contributed by atoms with E-state index in [0.717, 1.165) is 36.8 Å². The highest BCUT2D eigenvalue weighted by Gasteiger charge is 2.14. The molecule has 0 fully saturated rings. The topological polar surface area (TPSA) is 41.1 Å². The normalized spacial score (nSPS) is 12.6. The van der Waals surface area contributed by atoms with Crippen LogP contribution >= 0.6 is 0 Å². The molecule has 108 valence electrons. The Balaban J connectivity index is 2.83. The number of hydrogen-bond donors (Lipinski definition) is 1. The van der Waals surface area contributed by atoms with Gasteiger partial charge in [0.25, 0.3) is 0 Å². The molecular formula is C15H28N4. The first-order chi connectivity index (χ1) is 8.93. The molecule has 1 rings (SSSR count). The lowest BCUT2D eigenvalue weighted by atomic mass is 10.0. The molecule has 0 amide bonds. The molecule has 1 N–H and O–H groups in total. The second-order valence-electron chi connectivity index (χ2n) is 5.71. The van der Waals surface area contributed by atoms with Gasteiger partial charge in [-0.25, -0.2) is 4.98 Å². The van der Waals surface area contributed by atoms with Crippen molar-refractivity contribution < 1.29 is 0 Å². The zero-order chi connectivity index (χ0) is 14.4. The highest BCUT2D eigenvalue weighted by molar-refractivity contribution is 5.44. The predicted octanol–water partition coefficient (Wildman–Crippen LogP) is 3.48. The zero-order valence-corrected chi connectivity index (χ0v) is 13.2. The Labute approximate surface area is 117 Å². The fraction of sp³-hybridized carbons (Fsp3) is 0.733. The van der Waals surface area contributed by atoms with Crippen LogP contribution in [-0.4, -0.2) is 29.6 Å². The van der Waals surface area contributed by atoms with Crippen LogP contribution in [0.3, 0.4) is 0 Å². The van der Waals surface area contributed by atoms with Crippen molar-refractivity contribution in [2.75, 3.05) is 23.8 Å². The molecule has 0 saturated heterocycles. The molecule has 0 aliphatic rings. The molecule has 19 heavy (non-hydrogen) atoms. The molecule has 4 heteroatoms. The number of hydrogen-bond acceptors (Lipinski definition) is 4. The summed E-state index contributed by atoms with van der Waals surface area (Å²) in [6.07, 6.45) is 2.24. The van der Waals surface area contributed by atoms with Crippen molar-refractivity contribution in [2.24, 2.45) is 5.92 Å². The van der Waals surface area contributed by atoms with Crippen molar-refractivity contribution >= 4 is 11.8 Å². The lowest BCUT2D eigenvalue weighted by Gasteiger charge is -2.27. The molecule has 1 aromatic rings. The van der Waals surface area contributed by atoms with Gasteiger partial charge in [0, 0.05) is 31.4 Å². The third kappa shape index (κ3) is 5.05. The van der Waals surface area contributed by atoms with Crippen LogP contribution in [0, 0.1) is 12.8 Å². The monoisotopic (exact) mass is 264 g/mol. The van der Waals surface area contributed by atoms with Gasteiger partial charge < -0.3 is 10.2 Å². The van der Waals surface area contributed by atoms with Gasteiger partial charge in [-0.1, -0.05) is 20.8 Å². The summed E-state index contributed by atoms with van der Waals surface area (Å²) in [6, 6.07) is 2.53. The molecule has 0 radical (unpaired) electrons. The van der Waals surface area contributed by atoms with Crippen molar-refractivity contribution in [1.82, 2.24) is 9.97 Å². The summed E-state index contributed by atoms with van der Waals surface area (Å²) in [7, 11) is 2.11. The van der Waals surface area contributed by atoms with Crippen LogP contribution < -0.4 is 10.2 Å². The van der Waals surface area contributed by atoms with E-state index in [0.29, 0.717) is 12.0 Å². The van der Waals surface area contributed by atoms with Crippen molar-refractivity contribution in [1.29, 1.82) is 0 Å². The van der Waals surface area contributed by atoms with Crippen LogP contribution in [0.2, 0.25) is 0 Å². The van der Waals surface area contributed by atoms with E-state index < -0.39 is 0 Å². The quantitative estimate of drug-likeness (QED) is 0.818. The highest BCUT2D eigenvalue weighted by Crippen LogP contribution is 2.19. The maximum atomic E-state index is 4.60. The van der Waals surface area contributed by atoms with E-state index in [2.05, 4.69) is 54.9 Å². The Morgan fingerprint density at radius 1 is 1.26 bits per heavy atom. The molecule has 0 aliphatic heterocycles. The summed E-state index contributed by atoms with van der Waals surface area (Å²) in [5.74, 6) is 2.43. The van der Waals surface area contributed by atoms with Crippen molar-refractivity contribution in [2.45, 2.75) is 53.5 Å². The lowest BCUT2D eigenvalue weighted by molar-refractivity contribution is 0.502. The summed E-state index contributed by atoms with van der Waals surface area (Å²) < 4.78 is 0. The smallest absolute Gasteiger partial charge is 0.224 e. The summed E-state index contributed by atoms with van der Waals surface area (Å²) in [4.78, 5) is 11.3. The molecule has 4 nitrogen and oxygen atoms in total. The van der Waals surface area contributed by atoms with E-state index >= 15 is 0 Å². The molecule has 0 spiro atoms. The summed E-state index contributed by atoms with van der Waals surface area (Å²) in [5.41, 5.74) is 1.01. The minimum absolute atomic E-state index is 0.480. The van der Waals surface area contributed by atoms with Gasteiger partial charge in [-0.05, 0) is 32.6 Å². The zero-order valence-electron chi connectivity index (χ0n) is 13.2. The third-order valence-electron chi connectivity index (χ3n) is 3.21. The van der Waals surface area contributed by atoms with Crippen LogP contribution in [-0.2, 0) is 0 Å². The van der Waals surface area contributed by atoms with E-state index in [-0.39, 0.29) is 0 Å². The number of rotatable bonds is 7. The van der Waals surface area contributed by atoms with Gasteiger partial charge in [0.2, 0.25) is 5.95 Å². The molecular weight excluding hydrogens is 236 g/mol. The summed E-state index contributed by atoms with van der Waals surface area (Å²) in [6.45, 7) is 11.8. The second kappa shape index (κ2) is 7.31. The molecule has 1 heterocycles. The first kappa shape index (κ1) is 15.7. The van der Waals surface area contributed by atoms with E-state index in [1.54, 1.807) is 0 Å². The van der Waals surface area contributed by atoms with Crippen LogP contribution in [0.4, 0.5) is 11.8 Å². The number of nitrogens with zero attached hydrogens (tertiary/aromatic N) is 3. The predicted molar refractivity (Wildman–Crippen MR) is 82.9 cm³/mol. The first-order valence-electron chi connectivity index (χ1n) is 7.26. The number of aryl methyl sites for hydroxylation is 1. The summed E-state index contributed by atoms with van der Waals surface area (Å²) in [5, 5.41) is 3.26. The van der Waals surface area contributed by atoms with Gasteiger partial charge in [0.15, 0.2) is 0 Å². The molecule has 0 aliphatic carbocycles. The largest absolute Gasteiger partial charge is 0.357 e. The van der Waals surface area contributed by atoms with E-state index in [1.807, 2.05) is 13.0 Å². The lowest BCUT2D eigenvalue weighted by Crippen LogP contribution is -2.31. The minimum atomic E-state index is 0.480. The molecule has 0 bridgehead atoms. The minimum Gasteiger partial charge on any atom is -0.357 e. The maximum Gasteiger partial charge on any atom is 0.224 e. The average Bonchev–Trinajstić information content (AvgIpc) is 2.33. The molecule has 0 aromatic carbocycles. The SMILES string of the molecule is CCCNc1nc(C)cc(N(C)C(C)CC(C)C)n1. The van der Waals surface area contributed by atoms with E-state index in [9.17, 15) is 0 Å². The van der Waals surface area contributed by atoms with Crippen LogP contribution in [0.25, 0.3) is 0 Å². The fourth-order valence-corrected chi connectivity index (χ4v) is 2.11. The second-order valence-corrected chi connectivity index (χ2v) is 5.71. The molecule has 0 saturated carbocycles. The van der Waals surface area contributed by atoms with Crippen LogP contribution in [0.15, 0.2) is 6.07 Å². The first-order valence-corrected chi connectivity index (χ1v) is 7.26. The van der Waals surface area contributed by atoms with Crippen LogP contribution in [0.5, 0.6) is 0 Å². The molecule has 1 unspecified atom stereocenters. The highest BCUT2D eigenvalue weighted by atomic mass is 15.2. The van der Waals surface area contributed by atoms with E-state index in [4.69, 9.17) is 0 Å². The number of anilines is 2. The summed E-state index contributed by atoms with van der Waals surface area (Å²) >= 11 is 0. The van der Waals surface area contributed by atoms with Crippen molar-refractivity contribution in [3.8, 4) is 0 Å². The van der Waals surface area contributed by atoms with Gasteiger partial charge >= 0.3 is 0 Å². The van der Waals surface area contributed by atoms with Gasteiger partial charge in [0.05, 0.1) is 0 Å². The Hall–Kier alpha value is -1.32. The Morgan fingerprint density at radius 2 is 1.95 bits per heavy atom. The molecule has 1 atom stereocenters. The molecule has 1 aromatic heterocycles. The van der Waals surface area contributed by atoms with Gasteiger partial charge in [-0.15, -0.1) is 0 Å². The number of aromatic nitrogens is 2. The van der Waals surface area contributed by atoms with Crippen molar-refractivity contribution in [3.05, 3.63) is 11.8 Å². The number of nitrogens with one attached hydrogen (secondary N) is 1. The van der Waals surface area contributed by atoms with Gasteiger partial charge in [-0.2, -0.15) is 4.98 Å². The average molecular weight is 264 g/mol. The Kier molecular flexibility index (Phi) is 6.06. The fourth-order valence-electron chi connectivity index (χ4n) is 2.11. The third-order valence-corrected chi connectivity index (χ3v) is 3.21. The Bertz CT molecular complexity index is 390. The van der Waals surface area contributed by atoms with E-state index in [1.165, 1.54) is 0 Å².